The van der Waals surface area contributed by atoms with Crippen molar-refractivity contribution in [1.29, 1.82) is 0 Å². The Morgan fingerprint density at radius 1 is 1.02 bits per heavy atom. The summed E-state index contributed by atoms with van der Waals surface area (Å²) < 4.78 is 5.84. The number of ketones is 1. The Hall–Kier alpha value is -1.96. The van der Waals surface area contributed by atoms with Crippen molar-refractivity contribution in [2.45, 2.75) is 89.3 Å². The molecule has 2 spiro atoms. The van der Waals surface area contributed by atoms with Crippen molar-refractivity contribution < 1.29 is 24.5 Å². The first kappa shape index (κ1) is 30.1. The standard InChI is InChI=1S/C34H41Cl2NO5/c1-32(2)7-9-33(10-8-32)16-26(29(40)13-20-3-5-25(18-39)42-19-20)30(22-11-21(17-38)12-24(36)14-22)34(33)27-6-4-23(35)15-28(27)37-31(34)41/h4,6,11-12,14-15,20,25-26,30,38-39H,3,5,7-10,13,16-19H2,1-2H3,(H,37,41)/t20-,25-,26-,30-,34+/m0/s1. The topological polar surface area (TPSA) is 95.9 Å². The molecule has 8 heteroatoms. The maximum atomic E-state index is 14.7. The van der Waals surface area contributed by atoms with Crippen LogP contribution < -0.4 is 5.32 Å². The van der Waals surface area contributed by atoms with Crippen molar-refractivity contribution in [2.24, 2.45) is 22.7 Å². The SMILES string of the molecule is CC1(C)CCC2(CC1)C[C@@H](C(=O)C[C@@H]1CC[C@@H](CO)OC1)[C@H](c1cc(Cl)cc(CO)c1)[C@]21C(=O)Nc2cc(Cl)ccc21. The van der Waals surface area contributed by atoms with Gasteiger partial charge in [0.2, 0.25) is 5.91 Å². The van der Waals surface area contributed by atoms with E-state index < -0.39 is 22.7 Å². The zero-order valence-electron chi connectivity index (χ0n) is 24.4. The average molecular weight is 615 g/mol. The second kappa shape index (κ2) is 11.2. The normalized spacial score (nSPS) is 31.3. The van der Waals surface area contributed by atoms with Crippen molar-refractivity contribution >= 4 is 40.6 Å². The van der Waals surface area contributed by atoms with Crippen molar-refractivity contribution in [3.63, 3.8) is 0 Å². The van der Waals surface area contributed by atoms with Gasteiger partial charge in [-0.3, -0.25) is 9.59 Å². The van der Waals surface area contributed by atoms with Crippen molar-refractivity contribution in [1.82, 2.24) is 0 Å². The molecule has 5 atom stereocenters. The summed E-state index contributed by atoms with van der Waals surface area (Å²) in [6, 6.07) is 11.2. The number of nitrogens with one attached hydrogen (secondary N) is 1. The molecule has 2 aromatic rings. The zero-order valence-corrected chi connectivity index (χ0v) is 25.9. The van der Waals surface area contributed by atoms with E-state index in [9.17, 15) is 19.8 Å². The molecule has 4 aliphatic rings. The molecular weight excluding hydrogens is 573 g/mol. The average Bonchev–Trinajstić information content (AvgIpc) is 3.42. The molecule has 2 saturated carbocycles. The highest BCUT2D eigenvalue weighted by Crippen LogP contribution is 2.72. The number of carbonyl (C=O) groups is 2. The fraction of sp³-hybridized carbons (Fsp3) is 0.588. The lowest BCUT2D eigenvalue weighted by molar-refractivity contribution is -0.127. The number of carbonyl (C=O) groups excluding carboxylic acids is 2. The zero-order chi connectivity index (χ0) is 29.9. The fourth-order valence-corrected chi connectivity index (χ4v) is 9.25. The van der Waals surface area contributed by atoms with Gasteiger partial charge in [-0.2, -0.15) is 0 Å². The van der Waals surface area contributed by atoms with Crippen LogP contribution in [-0.4, -0.2) is 41.2 Å². The Labute approximate surface area is 258 Å². The fourth-order valence-electron chi connectivity index (χ4n) is 8.81. The molecule has 1 saturated heterocycles. The van der Waals surface area contributed by atoms with Crippen LogP contribution in [0.3, 0.4) is 0 Å². The second-order valence-electron chi connectivity index (χ2n) is 14.0. The summed E-state index contributed by atoms with van der Waals surface area (Å²) in [6.07, 6.45) is 6.01. The number of rotatable bonds is 6. The Bertz CT molecular complexity index is 1370. The maximum Gasteiger partial charge on any atom is 0.236 e. The summed E-state index contributed by atoms with van der Waals surface area (Å²) in [6.45, 7) is 4.84. The molecule has 0 unspecified atom stereocenters. The summed E-state index contributed by atoms with van der Waals surface area (Å²) in [4.78, 5) is 29.2. The van der Waals surface area contributed by atoms with Gasteiger partial charge in [0.25, 0.3) is 0 Å². The van der Waals surface area contributed by atoms with Crippen LogP contribution in [0.4, 0.5) is 5.69 Å². The Kier molecular flexibility index (Phi) is 8.02. The summed E-state index contributed by atoms with van der Waals surface area (Å²) >= 11 is 13.1. The molecule has 0 radical (unpaired) electrons. The van der Waals surface area contributed by atoms with Crippen LogP contribution in [-0.2, 0) is 26.3 Å². The van der Waals surface area contributed by atoms with E-state index in [1.165, 1.54) is 0 Å². The van der Waals surface area contributed by atoms with Crippen LogP contribution in [0.5, 0.6) is 0 Å². The minimum atomic E-state index is -0.980. The molecule has 6 rings (SSSR count). The molecule has 2 aliphatic heterocycles. The molecule has 6 nitrogen and oxygen atoms in total. The van der Waals surface area contributed by atoms with Crippen LogP contribution in [0.2, 0.25) is 10.0 Å². The summed E-state index contributed by atoms with van der Waals surface area (Å²) in [5, 5.41) is 23.8. The Balaban J connectivity index is 1.51. The molecule has 3 fully saturated rings. The minimum absolute atomic E-state index is 0.00670. The third-order valence-corrected chi connectivity index (χ3v) is 11.4. The number of ether oxygens (including phenoxy) is 1. The number of hydrogen-bond acceptors (Lipinski definition) is 5. The molecular formula is C34H41Cl2NO5. The predicted molar refractivity (Wildman–Crippen MR) is 164 cm³/mol. The van der Waals surface area contributed by atoms with Gasteiger partial charge >= 0.3 is 0 Å². The van der Waals surface area contributed by atoms with Gasteiger partial charge in [0, 0.05) is 34.0 Å². The quantitative estimate of drug-likeness (QED) is 0.332. The number of halogens is 2. The molecule has 1 amide bonds. The Morgan fingerprint density at radius 3 is 2.45 bits per heavy atom. The van der Waals surface area contributed by atoms with Crippen LogP contribution in [0.1, 0.15) is 87.8 Å². The monoisotopic (exact) mass is 613 g/mol. The van der Waals surface area contributed by atoms with Gasteiger partial charge in [-0.15, -0.1) is 0 Å². The molecule has 42 heavy (non-hydrogen) atoms. The van der Waals surface area contributed by atoms with Gasteiger partial charge in [-0.1, -0.05) is 49.2 Å². The van der Waals surface area contributed by atoms with Crippen molar-refractivity contribution in [3.05, 3.63) is 63.1 Å². The molecule has 3 N–H and O–H groups in total. The lowest BCUT2D eigenvalue weighted by atomic mass is 9.51. The molecule has 2 heterocycles. The van der Waals surface area contributed by atoms with Crippen molar-refractivity contribution in [2.75, 3.05) is 18.5 Å². The number of fused-ring (bicyclic) bond motifs is 3. The van der Waals surface area contributed by atoms with E-state index in [1.807, 2.05) is 30.3 Å². The van der Waals surface area contributed by atoms with Crippen molar-refractivity contribution in [3.8, 4) is 0 Å². The third kappa shape index (κ3) is 4.92. The highest BCUT2D eigenvalue weighted by atomic mass is 35.5. The smallest absolute Gasteiger partial charge is 0.236 e. The molecule has 2 aromatic carbocycles. The van der Waals surface area contributed by atoms with Gasteiger partial charge < -0.3 is 20.3 Å². The number of anilines is 1. The van der Waals surface area contributed by atoms with E-state index in [0.717, 1.165) is 55.3 Å². The molecule has 2 aliphatic carbocycles. The van der Waals surface area contributed by atoms with Gasteiger partial charge in [-0.05, 0) is 103 Å². The number of aliphatic hydroxyl groups excluding tert-OH is 2. The first-order chi connectivity index (χ1) is 20.0. The van der Waals surface area contributed by atoms with E-state index >= 15 is 0 Å². The number of aliphatic hydroxyl groups is 2. The maximum absolute atomic E-state index is 14.7. The van der Waals surface area contributed by atoms with Crippen LogP contribution in [0.25, 0.3) is 0 Å². The van der Waals surface area contributed by atoms with Gasteiger partial charge in [0.1, 0.15) is 5.78 Å². The molecule has 0 aromatic heterocycles. The van der Waals surface area contributed by atoms with E-state index in [2.05, 4.69) is 19.2 Å². The summed E-state index contributed by atoms with van der Waals surface area (Å²) in [5.74, 6) is -0.698. The summed E-state index contributed by atoms with van der Waals surface area (Å²) in [5.41, 5.74) is 1.87. The van der Waals surface area contributed by atoms with Gasteiger partial charge in [0.15, 0.2) is 0 Å². The lowest BCUT2D eigenvalue weighted by Gasteiger charge is -2.51. The van der Waals surface area contributed by atoms with E-state index in [0.29, 0.717) is 35.1 Å². The van der Waals surface area contributed by atoms with Crippen LogP contribution in [0.15, 0.2) is 36.4 Å². The van der Waals surface area contributed by atoms with E-state index in [4.69, 9.17) is 27.9 Å². The number of Topliss-reactive ketones (excluding diaryl/α,β-unsaturated/α-hetero) is 1. The number of benzene rings is 2. The molecule has 226 valence electrons. The lowest BCUT2D eigenvalue weighted by Crippen LogP contribution is -2.52. The predicted octanol–water partition coefficient (Wildman–Crippen LogP) is 6.81. The highest BCUT2D eigenvalue weighted by Gasteiger charge is 2.72. The largest absolute Gasteiger partial charge is 0.394 e. The van der Waals surface area contributed by atoms with Crippen LogP contribution in [0, 0.1) is 22.7 Å². The third-order valence-electron chi connectivity index (χ3n) is 11.0. The Morgan fingerprint density at radius 2 is 1.79 bits per heavy atom. The van der Waals surface area contributed by atoms with Gasteiger partial charge in [0.05, 0.1) is 31.3 Å². The van der Waals surface area contributed by atoms with E-state index in [1.54, 1.807) is 6.07 Å². The molecule has 0 bridgehead atoms. The highest BCUT2D eigenvalue weighted by molar-refractivity contribution is 6.31. The first-order valence-corrected chi connectivity index (χ1v) is 16.0. The first-order valence-electron chi connectivity index (χ1n) is 15.3. The summed E-state index contributed by atoms with van der Waals surface area (Å²) in [7, 11) is 0. The van der Waals surface area contributed by atoms with E-state index in [-0.39, 0.29) is 42.3 Å². The minimum Gasteiger partial charge on any atom is -0.394 e. The number of hydrogen-bond donors (Lipinski definition) is 3. The number of amides is 1. The van der Waals surface area contributed by atoms with Crippen LogP contribution >= 0.6 is 23.2 Å². The second-order valence-corrected chi connectivity index (χ2v) is 14.9. The van der Waals surface area contributed by atoms with Gasteiger partial charge in [-0.25, -0.2) is 0 Å².